The number of hydrogen-bond acceptors (Lipinski definition) is 4. The number of nitrogens with zero attached hydrogens (tertiary/aromatic N) is 2. The summed E-state index contributed by atoms with van der Waals surface area (Å²) in [7, 11) is 0. The number of halogens is 1. The molecule has 0 amide bonds. The lowest BCUT2D eigenvalue weighted by Crippen LogP contribution is -2.48. The Bertz CT molecular complexity index is 379. The Labute approximate surface area is 123 Å². The second-order valence-corrected chi connectivity index (χ2v) is 6.35. The molecule has 0 aromatic carbocycles. The van der Waals surface area contributed by atoms with Crippen molar-refractivity contribution < 1.29 is 0 Å². The molecule has 2 rings (SSSR count). The second kappa shape index (κ2) is 6.66. The molecule has 1 aromatic heterocycles. The summed E-state index contributed by atoms with van der Waals surface area (Å²) in [4.78, 5) is 8.45. The summed E-state index contributed by atoms with van der Waals surface area (Å²) in [6.45, 7) is 6.64. The lowest BCUT2D eigenvalue weighted by atomic mass is 9.74. The van der Waals surface area contributed by atoms with Crippen molar-refractivity contribution in [1.29, 1.82) is 0 Å². The molecule has 0 aliphatic carbocycles. The minimum Gasteiger partial charge on any atom is -0.353 e. The predicted octanol–water partition coefficient (Wildman–Crippen LogP) is 3.21. The molecule has 1 unspecified atom stereocenters. The molecule has 2 heterocycles. The van der Waals surface area contributed by atoms with Gasteiger partial charge in [0.15, 0.2) is 0 Å². The normalized spacial score (nSPS) is 22.2. The number of aromatic nitrogens is 2. The first-order valence-corrected chi connectivity index (χ1v) is 7.91. The Hall–Kier alpha value is -0.680. The molecule has 1 aromatic rings. The van der Waals surface area contributed by atoms with E-state index in [-0.39, 0.29) is 0 Å². The zero-order valence-corrected chi connectivity index (χ0v) is 13.3. The summed E-state index contributed by atoms with van der Waals surface area (Å²) in [5.74, 6) is 0.702. The van der Waals surface area contributed by atoms with Crippen LogP contribution in [0.15, 0.2) is 16.9 Å². The van der Waals surface area contributed by atoms with E-state index in [9.17, 15) is 0 Å². The van der Waals surface area contributed by atoms with E-state index in [1.54, 1.807) is 12.4 Å². The van der Waals surface area contributed by atoms with Gasteiger partial charge in [0, 0.05) is 31.5 Å². The molecule has 19 heavy (non-hydrogen) atoms. The zero-order chi connectivity index (χ0) is 13.7. The van der Waals surface area contributed by atoms with E-state index in [1.165, 1.54) is 25.7 Å². The van der Waals surface area contributed by atoms with E-state index in [0.29, 0.717) is 17.4 Å². The highest BCUT2D eigenvalue weighted by atomic mass is 79.9. The zero-order valence-electron chi connectivity index (χ0n) is 11.7. The van der Waals surface area contributed by atoms with Crippen molar-refractivity contribution in [2.24, 2.45) is 5.41 Å². The lowest BCUT2D eigenvalue weighted by Gasteiger charge is -2.40. The van der Waals surface area contributed by atoms with Crippen LogP contribution in [0.25, 0.3) is 0 Å². The molecule has 1 fully saturated rings. The van der Waals surface area contributed by atoms with E-state index >= 15 is 0 Å². The van der Waals surface area contributed by atoms with E-state index in [2.05, 4.69) is 50.4 Å². The second-order valence-electron chi connectivity index (χ2n) is 5.43. The number of hydrogen-bond donors (Lipinski definition) is 2. The van der Waals surface area contributed by atoms with Crippen LogP contribution in [0.4, 0.5) is 5.95 Å². The van der Waals surface area contributed by atoms with Gasteiger partial charge in [-0.1, -0.05) is 13.8 Å². The number of nitrogens with one attached hydrogen (secondary N) is 2. The molecule has 2 N–H and O–H groups in total. The van der Waals surface area contributed by atoms with E-state index in [1.807, 2.05) is 0 Å². The minimum atomic E-state index is 0.518. The average molecular weight is 327 g/mol. The molecule has 1 saturated heterocycles. The maximum Gasteiger partial charge on any atom is 0.222 e. The van der Waals surface area contributed by atoms with Crippen LogP contribution in [0, 0.1) is 5.41 Å². The van der Waals surface area contributed by atoms with Crippen LogP contribution in [-0.2, 0) is 0 Å². The highest BCUT2D eigenvalue weighted by Gasteiger charge is 2.31. The van der Waals surface area contributed by atoms with Crippen LogP contribution in [0.3, 0.4) is 0 Å². The molecule has 1 aliphatic heterocycles. The van der Waals surface area contributed by atoms with Gasteiger partial charge in [-0.15, -0.1) is 0 Å². The first-order chi connectivity index (χ1) is 9.17. The standard InChI is InChI=1S/C14H23BrN4/c1-3-14(4-2)6-5-12(19-10-14)9-18-13-16-7-11(15)8-17-13/h7-8,12,19H,3-6,9-10H2,1-2H3,(H,16,17,18). The maximum absolute atomic E-state index is 4.23. The number of anilines is 1. The number of piperidine rings is 1. The molecule has 0 radical (unpaired) electrons. The van der Waals surface area contributed by atoms with Crippen LogP contribution in [0.5, 0.6) is 0 Å². The Balaban J connectivity index is 1.78. The molecule has 0 saturated carbocycles. The van der Waals surface area contributed by atoms with Crippen LogP contribution in [-0.4, -0.2) is 29.1 Å². The molecule has 5 heteroatoms. The fourth-order valence-electron chi connectivity index (χ4n) is 2.68. The molecule has 1 aliphatic rings. The average Bonchev–Trinajstić information content (AvgIpc) is 2.47. The Morgan fingerprint density at radius 1 is 1.37 bits per heavy atom. The first kappa shape index (κ1) is 14.7. The fourth-order valence-corrected chi connectivity index (χ4v) is 2.88. The van der Waals surface area contributed by atoms with Gasteiger partial charge >= 0.3 is 0 Å². The summed E-state index contributed by atoms with van der Waals surface area (Å²) < 4.78 is 0.907. The van der Waals surface area contributed by atoms with Gasteiger partial charge in [0.2, 0.25) is 5.95 Å². The predicted molar refractivity (Wildman–Crippen MR) is 82.3 cm³/mol. The molecular weight excluding hydrogens is 304 g/mol. The maximum atomic E-state index is 4.23. The van der Waals surface area contributed by atoms with Crippen LogP contribution in [0.1, 0.15) is 39.5 Å². The van der Waals surface area contributed by atoms with Crippen LogP contribution >= 0.6 is 15.9 Å². The van der Waals surface area contributed by atoms with Gasteiger partial charge in [-0.2, -0.15) is 0 Å². The Morgan fingerprint density at radius 2 is 2.05 bits per heavy atom. The van der Waals surface area contributed by atoms with Gasteiger partial charge in [-0.3, -0.25) is 0 Å². The first-order valence-electron chi connectivity index (χ1n) is 7.12. The molecule has 0 spiro atoms. The van der Waals surface area contributed by atoms with E-state index < -0.39 is 0 Å². The summed E-state index contributed by atoms with van der Waals surface area (Å²) in [5.41, 5.74) is 0.518. The van der Waals surface area contributed by atoms with E-state index in [0.717, 1.165) is 17.6 Å². The monoisotopic (exact) mass is 326 g/mol. The molecule has 4 nitrogen and oxygen atoms in total. The smallest absolute Gasteiger partial charge is 0.222 e. The van der Waals surface area contributed by atoms with Gasteiger partial charge in [0.1, 0.15) is 0 Å². The van der Waals surface area contributed by atoms with Crippen molar-refractivity contribution in [2.45, 2.75) is 45.6 Å². The van der Waals surface area contributed by atoms with Crippen molar-refractivity contribution in [3.8, 4) is 0 Å². The van der Waals surface area contributed by atoms with Crippen molar-refractivity contribution in [3.05, 3.63) is 16.9 Å². The third-order valence-corrected chi connectivity index (χ3v) is 4.83. The SMILES string of the molecule is CCC1(CC)CCC(CNc2ncc(Br)cn2)NC1. The van der Waals surface area contributed by atoms with Crippen molar-refractivity contribution in [3.63, 3.8) is 0 Å². The Kier molecular flexibility index (Phi) is 5.16. The van der Waals surface area contributed by atoms with Crippen molar-refractivity contribution >= 4 is 21.9 Å². The summed E-state index contributed by atoms with van der Waals surface area (Å²) >= 11 is 3.34. The van der Waals surface area contributed by atoms with Crippen molar-refractivity contribution in [2.75, 3.05) is 18.4 Å². The molecule has 1 atom stereocenters. The van der Waals surface area contributed by atoms with Crippen LogP contribution in [0.2, 0.25) is 0 Å². The van der Waals surface area contributed by atoms with Gasteiger partial charge in [0.25, 0.3) is 0 Å². The largest absolute Gasteiger partial charge is 0.353 e. The highest BCUT2D eigenvalue weighted by Crippen LogP contribution is 2.34. The summed E-state index contributed by atoms with van der Waals surface area (Å²) in [6.07, 6.45) is 8.62. The summed E-state index contributed by atoms with van der Waals surface area (Å²) in [5, 5.41) is 6.97. The fraction of sp³-hybridized carbons (Fsp3) is 0.714. The van der Waals surface area contributed by atoms with Gasteiger partial charge in [-0.05, 0) is 47.0 Å². The third-order valence-electron chi connectivity index (χ3n) is 4.42. The summed E-state index contributed by atoms with van der Waals surface area (Å²) in [6, 6.07) is 0.526. The van der Waals surface area contributed by atoms with Crippen LogP contribution < -0.4 is 10.6 Å². The quantitative estimate of drug-likeness (QED) is 0.872. The minimum absolute atomic E-state index is 0.518. The highest BCUT2D eigenvalue weighted by molar-refractivity contribution is 9.10. The molecular formula is C14H23BrN4. The van der Waals surface area contributed by atoms with Crippen molar-refractivity contribution in [1.82, 2.24) is 15.3 Å². The third kappa shape index (κ3) is 3.89. The van der Waals surface area contributed by atoms with Gasteiger partial charge in [0.05, 0.1) is 4.47 Å². The Morgan fingerprint density at radius 3 is 2.58 bits per heavy atom. The number of rotatable bonds is 5. The van der Waals surface area contributed by atoms with Gasteiger partial charge in [-0.25, -0.2) is 9.97 Å². The lowest BCUT2D eigenvalue weighted by molar-refractivity contribution is 0.166. The van der Waals surface area contributed by atoms with E-state index in [4.69, 9.17) is 0 Å². The molecule has 0 bridgehead atoms. The molecule has 106 valence electrons. The topological polar surface area (TPSA) is 49.8 Å². The van der Waals surface area contributed by atoms with Gasteiger partial charge < -0.3 is 10.6 Å².